The zero-order valence-electron chi connectivity index (χ0n) is 18.5. The molecule has 0 fully saturated rings. The molecule has 0 aliphatic rings. The summed E-state index contributed by atoms with van der Waals surface area (Å²) in [5, 5.41) is 2.78. The summed E-state index contributed by atoms with van der Waals surface area (Å²) in [5.41, 5.74) is 1.37. The van der Waals surface area contributed by atoms with Gasteiger partial charge in [0.15, 0.2) is 0 Å². The maximum absolute atomic E-state index is 13.3. The number of hydrogen-bond donors (Lipinski definition) is 1. The van der Waals surface area contributed by atoms with Crippen molar-refractivity contribution in [1.29, 1.82) is 0 Å². The van der Waals surface area contributed by atoms with Crippen molar-refractivity contribution in [3.05, 3.63) is 65.5 Å². The molecular weight excluding hydrogens is 437 g/mol. The Bertz CT molecular complexity index is 1040. The van der Waals surface area contributed by atoms with Crippen LogP contribution in [0.4, 0.5) is 4.39 Å². The van der Waals surface area contributed by atoms with E-state index in [0.717, 1.165) is 16.1 Å². The van der Waals surface area contributed by atoms with E-state index in [-0.39, 0.29) is 13.1 Å². The molecule has 0 saturated carbocycles. The van der Waals surface area contributed by atoms with E-state index in [1.165, 1.54) is 43.3 Å². The highest BCUT2D eigenvalue weighted by molar-refractivity contribution is 7.88. The second-order valence-corrected chi connectivity index (χ2v) is 9.46. The minimum absolute atomic E-state index is 0.0138. The number of amides is 2. The molecule has 0 bridgehead atoms. The lowest BCUT2D eigenvalue weighted by Crippen LogP contribution is -2.50. The second kappa shape index (κ2) is 11.1. The summed E-state index contributed by atoms with van der Waals surface area (Å²) in [5.74, 6) is -0.781. The van der Waals surface area contributed by atoms with Crippen molar-refractivity contribution in [2.45, 2.75) is 26.1 Å². The summed E-state index contributed by atoms with van der Waals surface area (Å²) in [4.78, 5) is 27.1. The Morgan fingerprint density at radius 3 is 2.34 bits per heavy atom. The van der Waals surface area contributed by atoms with Gasteiger partial charge < -0.3 is 15.0 Å². The second-order valence-electron chi connectivity index (χ2n) is 7.37. The van der Waals surface area contributed by atoms with Gasteiger partial charge in [-0.25, -0.2) is 12.8 Å². The first-order chi connectivity index (χ1) is 15.0. The molecule has 8 nitrogen and oxygen atoms in total. The van der Waals surface area contributed by atoms with Gasteiger partial charge in [-0.15, -0.1) is 0 Å². The van der Waals surface area contributed by atoms with Crippen LogP contribution >= 0.6 is 0 Å². The molecule has 0 spiro atoms. The van der Waals surface area contributed by atoms with Gasteiger partial charge >= 0.3 is 0 Å². The molecule has 0 unspecified atom stereocenters. The van der Waals surface area contributed by atoms with Crippen LogP contribution in [-0.4, -0.2) is 62.4 Å². The Morgan fingerprint density at radius 1 is 1.12 bits per heavy atom. The van der Waals surface area contributed by atoms with E-state index in [4.69, 9.17) is 4.74 Å². The molecule has 2 rings (SSSR count). The zero-order valence-corrected chi connectivity index (χ0v) is 19.4. The van der Waals surface area contributed by atoms with Crippen molar-refractivity contribution in [2.75, 3.05) is 27.0 Å². The molecule has 0 aromatic heterocycles. The number of carbonyl (C=O) groups is 2. The van der Waals surface area contributed by atoms with Crippen LogP contribution in [0.25, 0.3) is 0 Å². The number of rotatable bonds is 10. The molecule has 0 heterocycles. The fourth-order valence-electron chi connectivity index (χ4n) is 2.95. The number of para-hydroxylation sites is 1. The van der Waals surface area contributed by atoms with E-state index < -0.39 is 40.2 Å². The summed E-state index contributed by atoms with van der Waals surface area (Å²) in [6.07, 6.45) is 0.994. The third-order valence-corrected chi connectivity index (χ3v) is 6.26. The van der Waals surface area contributed by atoms with Crippen LogP contribution < -0.4 is 10.1 Å². The molecule has 2 aromatic carbocycles. The molecule has 0 aliphatic heterocycles. The van der Waals surface area contributed by atoms with Crippen molar-refractivity contribution < 1.29 is 27.1 Å². The molecule has 0 radical (unpaired) electrons. The zero-order chi connectivity index (χ0) is 23.9. The van der Waals surface area contributed by atoms with Crippen LogP contribution in [0.1, 0.15) is 18.1 Å². The van der Waals surface area contributed by atoms with Crippen molar-refractivity contribution in [3.63, 3.8) is 0 Å². The lowest BCUT2D eigenvalue weighted by atomic mass is 10.1. The predicted octanol–water partition coefficient (Wildman–Crippen LogP) is 1.76. The summed E-state index contributed by atoms with van der Waals surface area (Å²) in [7, 11) is -0.768. The number of sulfonamides is 1. The number of likely N-dealkylation sites (N-methyl/N-ethyl adjacent to an activating group) is 1. The molecule has 0 aliphatic carbocycles. The quantitative estimate of drug-likeness (QED) is 0.577. The smallest absolute Gasteiger partial charge is 0.242 e. The number of hydrogen-bond acceptors (Lipinski definition) is 5. The van der Waals surface area contributed by atoms with Gasteiger partial charge in [0, 0.05) is 25.7 Å². The van der Waals surface area contributed by atoms with Gasteiger partial charge in [-0.05, 0) is 30.7 Å². The molecule has 1 atom stereocenters. The maximum atomic E-state index is 13.3. The van der Waals surface area contributed by atoms with Gasteiger partial charge in [-0.3, -0.25) is 9.59 Å². The lowest BCUT2D eigenvalue weighted by molar-refractivity contribution is -0.140. The first-order valence-electron chi connectivity index (χ1n) is 9.87. The molecule has 2 amide bonds. The van der Waals surface area contributed by atoms with Gasteiger partial charge in [-0.2, -0.15) is 4.31 Å². The Kier molecular flexibility index (Phi) is 8.73. The summed E-state index contributed by atoms with van der Waals surface area (Å²) >= 11 is 0. The number of carbonyl (C=O) groups excluding carboxylic acids is 2. The number of benzene rings is 2. The third-order valence-electron chi connectivity index (χ3n) is 5.00. The van der Waals surface area contributed by atoms with E-state index in [1.807, 2.05) is 18.2 Å². The van der Waals surface area contributed by atoms with Crippen LogP contribution in [0.15, 0.2) is 48.5 Å². The van der Waals surface area contributed by atoms with Crippen LogP contribution in [0.3, 0.4) is 0 Å². The van der Waals surface area contributed by atoms with Crippen molar-refractivity contribution in [2.24, 2.45) is 0 Å². The van der Waals surface area contributed by atoms with Crippen LogP contribution in [0.2, 0.25) is 0 Å². The van der Waals surface area contributed by atoms with Crippen LogP contribution in [0, 0.1) is 5.82 Å². The molecular formula is C22H28FN3O5S. The molecule has 1 N–H and O–H groups in total. The van der Waals surface area contributed by atoms with Crippen molar-refractivity contribution in [1.82, 2.24) is 14.5 Å². The SMILES string of the molecule is COc1ccccc1CNC(=O)[C@@H](C)N(Cc1ccc(F)cc1)C(=O)CN(C)S(C)(=O)=O. The Hall–Kier alpha value is -2.98. The Balaban J connectivity index is 2.19. The van der Waals surface area contributed by atoms with E-state index in [2.05, 4.69) is 5.32 Å². The highest BCUT2D eigenvalue weighted by Crippen LogP contribution is 2.17. The maximum Gasteiger partial charge on any atom is 0.242 e. The van der Waals surface area contributed by atoms with Gasteiger partial charge in [0.2, 0.25) is 21.8 Å². The van der Waals surface area contributed by atoms with E-state index >= 15 is 0 Å². The van der Waals surface area contributed by atoms with Gasteiger partial charge in [0.1, 0.15) is 17.6 Å². The minimum atomic E-state index is -3.59. The summed E-state index contributed by atoms with van der Waals surface area (Å²) in [6, 6.07) is 11.8. The summed E-state index contributed by atoms with van der Waals surface area (Å²) < 4.78 is 42.9. The fourth-order valence-corrected chi connectivity index (χ4v) is 3.29. The van der Waals surface area contributed by atoms with Crippen LogP contribution in [0.5, 0.6) is 5.75 Å². The molecule has 32 heavy (non-hydrogen) atoms. The molecule has 174 valence electrons. The Labute approximate surface area is 188 Å². The topological polar surface area (TPSA) is 96.0 Å². The first-order valence-corrected chi connectivity index (χ1v) is 11.7. The fraction of sp³-hybridized carbons (Fsp3) is 0.364. The largest absolute Gasteiger partial charge is 0.496 e. The van der Waals surface area contributed by atoms with Crippen molar-refractivity contribution in [3.8, 4) is 5.75 Å². The number of halogens is 1. The molecule has 0 saturated heterocycles. The number of nitrogens with one attached hydrogen (secondary N) is 1. The van der Waals surface area contributed by atoms with Gasteiger partial charge in [0.25, 0.3) is 0 Å². The lowest BCUT2D eigenvalue weighted by Gasteiger charge is -2.30. The van der Waals surface area contributed by atoms with Gasteiger partial charge in [0.05, 0.1) is 19.9 Å². The third kappa shape index (κ3) is 7.03. The van der Waals surface area contributed by atoms with E-state index in [0.29, 0.717) is 11.3 Å². The average Bonchev–Trinajstić information content (AvgIpc) is 2.75. The molecule has 2 aromatic rings. The van der Waals surface area contributed by atoms with Gasteiger partial charge in [-0.1, -0.05) is 30.3 Å². The number of methoxy groups -OCH3 is 1. The van der Waals surface area contributed by atoms with E-state index in [1.54, 1.807) is 13.0 Å². The monoisotopic (exact) mass is 465 g/mol. The molecule has 10 heteroatoms. The first kappa shape index (κ1) is 25.3. The van der Waals surface area contributed by atoms with Crippen LogP contribution in [-0.2, 0) is 32.7 Å². The summed E-state index contributed by atoms with van der Waals surface area (Å²) in [6.45, 7) is 1.33. The normalized spacial score (nSPS) is 12.3. The number of nitrogens with zero attached hydrogens (tertiary/aromatic N) is 2. The Morgan fingerprint density at radius 2 is 1.75 bits per heavy atom. The minimum Gasteiger partial charge on any atom is -0.496 e. The average molecular weight is 466 g/mol. The standard InChI is InChI=1S/C22H28FN3O5S/c1-16(22(28)24-13-18-7-5-6-8-20(18)31-3)26(14-17-9-11-19(23)12-10-17)21(27)15-25(2)32(4,29)30/h5-12,16H,13-15H2,1-4H3,(H,24,28)/t16-/m1/s1. The number of ether oxygens (including phenoxy) is 1. The predicted molar refractivity (Wildman–Crippen MR) is 119 cm³/mol. The highest BCUT2D eigenvalue weighted by Gasteiger charge is 2.28. The highest BCUT2D eigenvalue weighted by atomic mass is 32.2. The van der Waals surface area contributed by atoms with Crippen molar-refractivity contribution >= 4 is 21.8 Å². The van der Waals surface area contributed by atoms with E-state index in [9.17, 15) is 22.4 Å².